The molecule has 2 N–H and O–H groups in total. The van der Waals surface area contributed by atoms with Crippen LogP contribution in [-0.2, 0) is 0 Å². The normalized spacial score (nSPS) is 12.0. The number of hydrogen-bond acceptors (Lipinski definition) is 5. The van der Waals surface area contributed by atoms with Crippen LogP contribution in [0.15, 0.2) is 27.9 Å². The van der Waals surface area contributed by atoms with E-state index in [1.165, 1.54) is 0 Å². The predicted molar refractivity (Wildman–Crippen MR) is 87.2 cm³/mol. The number of hydrogen-bond donors (Lipinski definition) is 2. The summed E-state index contributed by atoms with van der Waals surface area (Å²) in [5, 5.41) is 10.5. The predicted octanol–water partition coefficient (Wildman–Crippen LogP) is 3.68. The van der Waals surface area contributed by atoms with Crippen LogP contribution >= 0.6 is 11.8 Å². The van der Waals surface area contributed by atoms with Crippen LogP contribution < -0.4 is 10.6 Å². The fourth-order valence-corrected chi connectivity index (χ4v) is 2.82. The number of pyridine rings is 1. The summed E-state index contributed by atoms with van der Waals surface area (Å²) < 4.78 is 5.12. The largest absolute Gasteiger partial charge is 0.361 e. The molecule has 0 unspecified atom stereocenters. The number of anilines is 1. The molecular weight excluding hydrogens is 300 g/mol. The SMILES string of the molecule is CCSc1ccc(NC(=O)N[C@@H](C)c2c(C)noc2C)cn1. The molecule has 0 aliphatic rings. The third-order valence-electron chi connectivity index (χ3n) is 3.16. The summed E-state index contributed by atoms with van der Waals surface area (Å²) >= 11 is 1.66. The van der Waals surface area contributed by atoms with Gasteiger partial charge in [0.25, 0.3) is 0 Å². The van der Waals surface area contributed by atoms with Gasteiger partial charge >= 0.3 is 6.03 Å². The Labute approximate surface area is 134 Å². The Kier molecular flexibility index (Phi) is 5.43. The fraction of sp³-hybridized carbons (Fsp3) is 0.400. The van der Waals surface area contributed by atoms with Crippen molar-refractivity contribution in [2.24, 2.45) is 0 Å². The van der Waals surface area contributed by atoms with Gasteiger partial charge in [-0.05, 0) is 38.7 Å². The Morgan fingerprint density at radius 3 is 2.73 bits per heavy atom. The van der Waals surface area contributed by atoms with Gasteiger partial charge in [0, 0.05) is 5.56 Å². The maximum Gasteiger partial charge on any atom is 0.319 e. The van der Waals surface area contributed by atoms with Crippen LogP contribution in [0.4, 0.5) is 10.5 Å². The number of rotatable bonds is 5. The summed E-state index contributed by atoms with van der Waals surface area (Å²) in [5.74, 6) is 1.68. The van der Waals surface area contributed by atoms with E-state index in [0.29, 0.717) is 11.4 Å². The minimum absolute atomic E-state index is 0.186. The second-order valence-corrected chi connectivity index (χ2v) is 6.16. The number of urea groups is 1. The molecule has 0 aliphatic carbocycles. The molecule has 0 saturated heterocycles. The van der Waals surface area contributed by atoms with E-state index < -0.39 is 0 Å². The molecule has 2 aromatic rings. The summed E-state index contributed by atoms with van der Waals surface area (Å²) in [6, 6.07) is 3.26. The van der Waals surface area contributed by atoms with Crippen molar-refractivity contribution in [1.29, 1.82) is 0 Å². The molecule has 22 heavy (non-hydrogen) atoms. The van der Waals surface area contributed by atoms with Gasteiger partial charge in [0.15, 0.2) is 0 Å². The van der Waals surface area contributed by atoms with Crippen molar-refractivity contribution < 1.29 is 9.32 Å². The van der Waals surface area contributed by atoms with Crippen molar-refractivity contribution in [3.63, 3.8) is 0 Å². The summed E-state index contributed by atoms with van der Waals surface area (Å²) in [6.07, 6.45) is 1.65. The Morgan fingerprint density at radius 1 is 1.41 bits per heavy atom. The maximum absolute atomic E-state index is 12.0. The molecule has 0 saturated carbocycles. The molecule has 2 rings (SSSR count). The standard InChI is InChI=1S/C15H20N4O2S/c1-5-22-13-7-6-12(8-16-13)18-15(20)17-9(2)14-10(3)19-21-11(14)4/h6-9H,5H2,1-4H3,(H2,17,18,20)/t9-/m0/s1. The van der Waals surface area contributed by atoms with Gasteiger partial charge in [0.2, 0.25) is 0 Å². The highest BCUT2D eigenvalue weighted by molar-refractivity contribution is 7.99. The van der Waals surface area contributed by atoms with E-state index in [9.17, 15) is 4.79 Å². The van der Waals surface area contributed by atoms with Crippen LogP contribution in [0.3, 0.4) is 0 Å². The first-order chi connectivity index (χ1) is 10.5. The molecule has 118 valence electrons. The van der Waals surface area contributed by atoms with E-state index in [1.54, 1.807) is 18.0 Å². The number of aromatic nitrogens is 2. The van der Waals surface area contributed by atoms with Crippen molar-refractivity contribution in [1.82, 2.24) is 15.5 Å². The molecule has 0 aliphatic heterocycles. The topological polar surface area (TPSA) is 80.0 Å². The smallest absolute Gasteiger partial charge is 0.319 e. The van der Waals surface area contributed by atoms with E-state index in [4.69, 9.17) is 4.52 Å². The molecule has 7 heteroatoms. The number of amides is 2. The van der Waals surface area contributed by atoms with E-state index in [1.807, 2.05) is 32.9 Å². The molecule has 1 atom stereocenters. The van der Waals surface area contributed by atoms with Crippen LogP contribution in [0.25, 0.3) is 0 Å². The highest BCUT2D eigenvalue weighted by Crippen LogP contribution is 2.21. The highest BCUT2D eigenvalue weighted by Gasteiger charge is 2.18. The Hall–Kier alpha value is -2.02. The molecule has 0 bridgehead atoms. The van der Waals surface area contributed by atoms with E-state index in [2.05, 4.69) is 27.7 Å². The molecule has 0 aromatic carbocycles. The first-order valence-electron chi connectivity index (χ1n) is 7.10. The van der Waals surface area contributed by atoms with Crippen LogP contribution in [-0.4, -0.2) is 21.9 Å². The van der Waals surface area contributed by atoms with Gasteiger partial charge in [-0.3, -0.25) is 0 Å². The van der Waals surface area contributed by atoms with Crippen molar-refractivity contribution in [3.05, 3.63) is 35.3 Å². The van der Waals surface area contributed by atoms with Gasteiger partial charge in [-0.1, -0.05) is 12.1 Å². The fourth-order valence-electron chi connectivity index (χ4n) is 2.23. The van der Waals surface area contributed by atoms with Gasteiger partial charge in [-0.15, -0.1) is 11.8 Å². The monoisotopic (exact) mass is 320 g/mol. The van der Waals surface area contributed by atoms with Gasteiger partial charge in [-0.2, -0.15) is 0 Å². The average molecular weight is 320 g/mol. The molecule has 2 aromatic heterocycles. The highest BCUT2D eigenvalue weighted by atomic mass is 32.2. The quantitative estimate of drug-likeness (QED) is 0.821. The number of nitrogens with zero attached hydrogens (tertiary/aromatic N) is 2. The number of aryl methyl sites for hydroxylation is 2. The zero-order chi connectivity index (χ0) is 16.1. The van der Waals surface area contributed by atoms with E-state index in [-0.39, 0.29) is 12.1 Å². The Balaban J connectivity index is 1.95. The molecule has 0 spiro atoms. The van der Waals surface area contributed by atoms with Gasteiger partial charge in [0.05, 0.1) is 28.6 Å². The zero-order valence-corrected chi connectivity index (χ0v) is 14.0. The minimum Gasteiger partial charge on any atom is -0.361 e. The molecule has 0 radical (unpaired) electrons. The van der Waals surface area contributed by atoms with Gasteiger partial charge in [0.1, 0.15) is 5.76 Å². The van der Waals surface area contributed by atoms with E-state index in [0.717, 1.165) is 22.0 Å². The van der Waals surface area contributed by atoms with Gasteiger partial charge < -0.3 is 15.2 Å². The Bertz CT molecular complexity index is 620. The number of carbonyl (C=O) groups is 1. The second kappa shape index (κ2) is 7.31. The number of nitrogens with one attached hydrogen (secondary N) is 2. The lowest BCUT2D eigenvalue weighted by atomic mass is 10.1. The first kappa shape index (κ1) is 16.4. The van der Waals surface area contributed by atoms with Crippen molar-refractivity contribution in [2.75, 3.05) is 11.1 Å². The lowest BCUT2D eigenvalue weighted by Crippen LogP contribution is -2.31. The molecule has 6 nitrogen and oxygen atoms in total. The lowest BCUT2D eigenvalue weighted by Gasteiger charge is -2.14. The third-order valence-corrected chi connectivity index (χ3v) is 3.98. The first-order valence-corrected chi connectivity index (χ1v) is 8.09. The second-order valence-electron chi connectivity index (χ2n) is 4.88. The van der Waals surface area contributed by atoms with Gasteiger partial charge in [-0.25, -0.2) is 9.78 Å². The molecular formula is C15H20N4O2S. The number of carbonyl (C=O) groups excluding carboxylic acids is 1. The third kappa shape index (κ3) is 4.00. The summed E-state index contributed by atoms with van der Waals surface area (Å²) in [4.78, 5) is 16.3. The van der Waals surface area contributed by atoms with Crippen molar-refractivity contribution >= 4 is 23.5 Å². The van der Waals surface area contributed by atoms with Crippen molar-refractivity contribution in [3.8, 4) is 0 Å². The van der Waals surface area contributed by atoms with Crippen molar-refractivity contribution in [2.45, 2.75) is 38.8 Å². The summed E-state index contributed by atoms with van der Waals surface area (Å²) in [6.45, 7) is 7.66. The minimum atomic E-state index is -0.287. The molecule has 2 amide bonds. The summed E-state index contributed by atoms with van der Waals surface area (Å²) in [7, 11) is 0. The molecule has 2 heterocycles. The number of thioether (sulfide) groups is 1. The Morgan fingerprint density at radius 2 is 2.18 bits per heavy atom. The lowest BCUT2D eigenvalue weighted by molar-refractivity contribution is 0.249. The van der Waals surface area contributed by atoms with Crippen LogP contribution in [0.1, 0.15) is 36.9 Å². The average Bonchev–Trinajstić information content (AvgIpc) is 2.80. The van der Waals surface area contributed by atoms with Crippen LogP contribution in [0, 0.1) is 13.8 Å². The molecule has 0 fully saturated rings. The zero-order valence-electron chi connectivity index (χ0n) is 13.1. The van der Waals surface area contributed by atoms with Crippen LogP contribution in [0.2, 0.25) is 0 Å². The maximum atomic E-state index is 12.0. The van der Waals surface area contributed by atoms with E-state index >= 15 is 0 Å². The summed E-state index contributed by atoms with van der Waals surface area (Å²) in [5.41, 5.74) is 2.35. The van der Waals surface area contributed by atoms with Crippen LogP contribution in [0.5, 0.6) is 0 Å².